The van der Waals surface area contributed by atoms with Gasteiger partial charge in [0.15, 0.2) is 17.3 Å². The summed E-state index contributed by atoms with van der Waals surface area (Å²) in [5, 5.41) is 15.6. The number of nitrogens with one attached hydrogen (secondary N) is 1. The lowest BCUT2D eigenvalue weighted by Crippen LogP contribution is -2.35. The van der Waals surface area contributed by atoms with E-state index in [2.05, 4.69) is 10.1 Å². The average Bonchev–Trinajstić information content (AvgIpc) is 3.21. The highest BCUT2D eigenvalue weighted by molar-refractivity contribution is 8.27. The largest absolute Gasteiger partial charge is 0.493 e. The molecule has 0 aromatic heterocycles. The minimum atomic E-state index is -0.533. The summed E-state index contributed by atoms with van der Waals surface area (Å²) in [6.45, 7) is 3.93. The van der Waals surface area contributed by atoms with Gasteiger partial charge < -0.3 is 9.47 Å². The molecule has 2 aromatic rings. The molecule has 2 heterocycles. The van der Waals surface area contributed by atoms with E-state index in [9.17, 15) is 9.18 Å². The van der Waals surface area contributed by atoms with Crippen LogP contribution in [0.15, 0.2) is 52.1 Å². The van der Waals surface area contributed by atoms with Crippen molar-refractivity contribution in [1.82, 2.24) is 5.01 Å². The van der Waals surface area contributed by atoms with Crippen LogP contribution in [-0.4, -0.2) is 34.1 Å². The van der Waals surface area contributed by atoms with Crippen molar-refractivity contribution in [2.45, 2.75) is 20.5 Å². The van der Waals surface area contributed by atoms with Gasteiger partial charge >= 0.3 is 0 Å². The summed E-state index contributed by atoms with van der Waals surface area (Å²) in [5.74, 6) is -0.277. The van der Waals surface area contributed by atoms with Gasteiger partial charge in [0, 0.05) is 11.5 Å². The second-order valence-corrected chi connectivity index (χ2v) is 8.92. The maximum atomic E-state index is 13.9. The molecule has 1 N–H and O–H groups in total. The zero-order valence-electron chi connectivity index (χ0n) is 18.1. The Bertz CT molecular complexity index is 1240. The zero-order valence-corrected chi connectivity index (χ0v) is 19.6. The van der Waals surface area contributed by atoms with Gasteiger partial charge in [0.25, 0.3) is 5.91 Å². The summed E-state index contributed by atoms with van der Waals surface area (Å²) in [4.78, 5) is 16.7. The molecule has 1 amide bonds. The van der Waals surface area contributed by atoms with Crippen LogP contribution < -0.4 is 9.47 Å². The van der Waals surface area contributed by atoms with Crippen LogP contribution in [0.25, 0.3) is 6.08 Å². The van der Waals surface area contributed by atoms with Crippen LogP contribution in [0.5, 0.6) is 11.5 Å². The van der Waals surface area contributed by atoms with E-state index >= 15 is 0 Å². The number of methoxy groups -OCH3 is 1. The van der Waals surface area contributed by atoms with Crippen molar-refractivity contribution in [3.8, 4) is 11.5 Å². The fraction of sp³-hybridized carbons (Fsp3) is 0.217. The van der Waals surface area contributed by atoms with E-state index in [1.807, 2.05) is 13.8 Å². The Balaban J connectivity index is 1.62. The minimum Gasteiger partial charge on any atom is -0.493 e. The van der Waals surface area contributed by atoms with Crippen LogP contribution in [-0.2, 0) is 11.4 Å². The van der Waals surface area contributed by atoms with Gasteiger partial charge in [-0.2, -0.15) is 15.1 Å². The first-order valence-electron chi connectivity index (χ1n) is 10.0. The van der Waals surface area contributed by atoms with Gasteiger partial charge in [0.1, 0.15) is 17.5 Å². The number of nitrogens with zero attached hydrogens (tertiary/aromatic N) is 3. The monoisotopic (exact) mass is 486 g/mol. The number of rotatable bonds is 6. The molecule has 2 aliphatic rings. The van der Waals surface area contributed by atoms with Crippen LogP contribution in [0.4, 0.5) is 4.39 Å². The zero-order chi connectivity index (χ0) is 23.7. The maximum Gasteiger partial charge on any atom is 0.283 e. The second-order valence-electron chi connectivity index (χ2n) is 7.53. The number of carbonyl (C=O) groups is 1. The normalized spacial score (nSPS) is 16.8. The number of halogens is 2. The number of hydrazone groups is 1. The lowest BCUT2D eigenvalue weighted by Gasteiger charge is -2.20. The first-order valence-corrected chi connectivity index (χ1v) is 11.2. The predicted octanol–water partition coefficient (Wildman–Crippen LogP) is 5.34. The molecule has 33 heavy (non-hydrogen) atoms. The Hall–Kier alpha value is -3.17. The predicted molar refractivity (Wildman–Crippen MR) is 129 cm³/mol. The molecule has 2 aliphatic heterocycles. The number of thioether (sulfide) groups is 1. The Morgan fingerprint density at radius 3 is 2.76 bits per heavy atom. The molecule has 0 atom stereocenters. The molecule has 0 unspecified atom stereocenters. The van der Waals surface area contributed by atoms with E-state index in [1.54, 1.807) is 30.3 Å². The summed E-state index contributed by atoms with van der Waals surface area (Å²) in [7, 11) is 1.45. The number of benzene rings is 2. The number of aliphatic imine (C=N–C) groups is 1. The first kappa shape index (κ1) is 23.0. The number of ether oxygens (including phenoxy) is 2. The van der Waals surface area contributed by atoms with Crippen LogP contribution >= 0.6 is 23.4 Å². The number of carbonyl (C=O) groups excluding carboxylic acids is 1. The van der Waals surface area contributed by atoms with Gasteiger partial charge in [-0.3, -0.25) is 10.2 Å². The molecule has 0 radical (unpaired) electrons. The summed E-state index contributed by atoms with van der Waals surface area (Å²) in [6.07, 6.45) is 1.51. The van der Waals surface area contributed by atoms with Gasteiger partial charge in [0.2, 0.25) is 5.17 Å². The maximum absolute atomic E-state index is 13.9. The summed E-state index contributed by atoms with van der Waals surface area (Å²) >= 11 is 7.71. The quantitative estimate of drug-likeness (QED) is 0.557. The van der Waals surface area contributed by atoms with Crippen LogP contribution in [0.2, 0.25) is 5.02 Å². The second kappa shape index (κ2) is 9.36. The molecular formula is C23H20ClFN4O3S. The van der Waals surface area contributed by atoms with E-state index in [4.69, 9.17) is 26.5 Å². The average molecular weight is 487 g/mol. The van der Waals surface area contributed by atoms with Gasteiger partial charge in [-0.1, -0.05) is 43.6 Å². The van der Waals surface area contributed by atoms with Gasteiger partial charge in [-0.05, 0) is 41.6 Å². The number of hydrogen-bond donors (Lipinski definition) is 1. The first-order chi connectivity index (χ1) is 15.8. The Kier molecular flexibility index (Phi) is 6.53. The topological polar surface area (TPSA) is 87.3 Å². The number of hydrogen-bond acceptors (Lipinski definition) is 6. The fourth-order valence-electron chi connectivity index (χ4n) is 3.14. The lowest BCUT2D eigenvalue weighted by atomic mass is 10.1. The molecule has 0 spiro atoms. The van der Waals surface area contributed by atoms with Gasteiger partial charge in [0.05, 0.1) is 17.7 Å². The molecular weight excluding hydrogens is 467 g/mol. The molecule has 10 heteroatoms. The highest BCUT2D eigenvalue weighted by atomic mass is 35.5. The smallest absolute Gasteiger partial charge is 0.283 e. The van der Waals surface area contributed by atoms with E-state index in [0.717, 1.165) is 5.04 Å². The lowest BCUT2D eigenvalue weighted by molar-refractivity contribution is -0.114. The van der Waals surface area contributed by atoms with Crippen molar-refractivity contribution in [3.63, 3.8) is 0 Å². The Morgan fingerprint density at radius 2 is 2.06 bits per heavy atom. The molecule has 2 aromatic carbocycles. The Morgan fingerprint density at radius 1 is 1.30 bits per heavy atom. The fourth-order valence-corrected chi connectivity index (χ4v) is 4.30. The molecule has 170 valence electrons. The van der Waals surface area contributed by atoms with E-state index in [0.29, 0.717) is 22.0 Å². The van der Waals surface area contributed by atoms with E-state index in [-0.39, 0.29) is 40.5 Å². The molecule has 0 saturated heterocycles. The highest BCUT2D eigenvalue weighted by Gasteiger charge is 2.36. The molecule has 0 saturated carbocycles. The van der Waals surface area contributed by atoms with Crippen molar-refractivity contribution in [1.29, 1.82) is 5.41 Å². The summed E-state index contributed by atoms with van der Waals surface area (Å²) in [5.41, 5.74) is 0.967. The van der Waals surface area contributed by atoms with E-state index in [1.165, 1.54) is 36.0 Å². The molecule has 0 aliphatic carbocycles. The van der Waals surface area contributed by atoms with Crippen LogP contribution in [0, 0.1) is 17.1 Å². The molecule has 4 rings (SSSR count). The Labute approximate surface area is 199 Å². The number of fused-ring (bicyclic) bond motifs is 1. The van der Waals surface area contributed by atoms with Gasteiger partial charge in [-0.15, -0.1) is 0 Å². The van der Waals surface area contributed by atoms with Crippen molar-refractivity contribution in [3.05, 3.63) is 63.9 Å². The summed E-state index contributed by atoms with van der Waals surface area (Å²) < 4.78 is 25.0. The van der Waals surface area contributed by atoms with Crippen molar-refractivity contribution < 1.29 is 18.7 Å². The molecule has 0 fully saturated rings. The third-order valence-electron chi connectivity index (χ3n) is 4.86. The third kappa shape index (κ3) is 4.65. The van der Waals surface area contributed by atoms with Crippen LogP contribution in [0.3, 0.4) is 0 Å². The molecule has 7 nitrogen and oxygen atoms in total. The van der Waals surface area contributed by atoms with Crippen LogP contribution in [0.1, 0.15) is 25.0 Å². The highest BCUT2D eigenvalue weighted by Crippen LogP contribution is 2.38. The SMILES string of the molecule is COc1cc(C=C2C(=N)N3N=C(C(C)C)SC3=NC2=O)cc(Cl)c1OCc1ccccc1F. The van der Waals surface area contributed by atoms with Crippen molar-refractivity contribution in [2.75, 3.05) is 7.11 Å². The standard InChI is InChI=1S/C23H20ClFN4O3S/c1-12(2)22-28-29-20(26)15(21(30)27-23(29)33-22)8-13-9-16(24)19(18(10-13)31-3)32-11-14-6-4-5-7-17(14)25/h4-10,12,26H,11H2,1-3H3. The molecule has 0 bridgehead atoms. The van der Waals surface area contributed by atoms with Crippen molar-refractivity contribution in [2.24, 2.45) is 16.0 Å². The third-order valence-corrected chi connectivity index (χ3v) is 6.35. The summed E-state index contributed by atoms with van der Waals surface area (Å²) in [6, 6.07) is 9.48. The number of amides is 1. The van der Waals surface area contributed by atoms with Gasteiger partial charge in [-0.25, -0.2) is 4.39 Å². The van der Waals surface area contributed by atoms with E-state index < -0.39 is 5.91 Å². The minimum absolute atomic E-state index is 0.0351. The van der Waals surface area contributed by atoms with Crippen molar-refractivity contribution >= 4 is 51.4 Å². The number of amidine groups is 2.